The van der Waals surface area contributed by atoms with Gasteiger partial charge in [0, 0.05) is 12.2 Å². The van der Waals surface area contributed by atoms with E-state index in [1.807, 2.05) is 0 Å². The van der Waals surface area contributed by atoms with Gasteiger partial charge in [-0.3, -0.25) is 4.90 Å². The zero-order valence-electron chi connectivity index (χ0n) is 10.1. The molecule has 3 heteroatoms. The van der Waals surface area contributed by atoms with E-state index in [2.05, 4.69) is 36.0 Å². The summed E-state index contributed by atoms with van der Waals surface area (Å²) >= 11 is 5.15. The first-order chi connectivity index (χ1) is 7.72. The van der Waals surface area contributed by atoms with Gasteiger partial charge in [-0.2, -0.15) is 0 Å². The first kappa shape index (κ1) is 11.8. The molecule has 2 heterocycles. The minimum Gasteiger partial charge on any atom is -0.353 e. The van der Waals surface area contributed by atoms with Crippen LogP contribution in [0.25, 0.3) is 0 Å². The summed E-state index contributed by atoms with van der Waals surface area (Å²) in [6.45, 7) is 6.79. The number of rotatable bonds is 2. The van der Waals surface area contributed by atoms with Crippen molar-refractivity contribution in [2.75, 3.05) is 13.1 Å². The molecule has 0 bridgehead atoms. The Morgan fingerprint density at radius 1 is 1.50 bits per heavy atom. The van der Waals surface area contributed by atoms with Crippen molar-refractivity contribution in [1.82, 2.24) is 9.88 Å². The zero-order chi connectivity index (χ0) is 11.5. The van der Waals surface area contributed by atoms with Crippen molar-refractivity contribution in [1.29, 1.82) is 0 Å². The van der Waals surface area contributed by atoms with E-state index >= 15 is 0 Å². The molecule has 1 aromatic rings. The number of nitrogens with one attached hydrogen (secondary N) is 1. The third-order valence-electron chi connectivity index (χ3n) is 3.55. The third kappa shape index (κ3) is 2.36. The van der Waals surface area contributed by atoms with Crippen LogP contribution in [0.5, 0.6) is 0 Å². The fourth-order valence-electron chi connectivity index (χ4n) is 2.67. The SMILES string of the molecule is CCN1CCCC[C@@H]1c1c[nH]c(=S)cc1C. The maximum absolute atomic E-state index is 5.15. The molecule has 0 radical (unpaired) electrons. The number of aromatic nitrogens is 1. The first-order valence-corrected chi connectivity index (χ1v) is 6.56. The molecule has 0 aromatic carbocycles. The van der Waals surface area contributed by atoms with E-state index < -0.39 is 0 Å². The fourth-order valence-corrected chi connectivity index (χ4v) is 2.90. The smallest absolute Gasteiger partial charge is 0.103 e. The van der Waals surface area contributed by atoms with E-state index in [1.54, 1.807) is 0 Å². The van der Waals surface area contributed by atoms with Crippen molar-refractivity contribution in [3.8, 4) is 0 Å². The lowest BCUT2D eigenvalue weighted by atomic mass is 9.94. The maximum atomic E-state index is 5.15. The molecule has 88 valence electrons. The molecule has 0 amide bonds. The normalized spacial score (nSPS) is 22.2. The minimum atomic E-state index is 0.589. The Bertz CT molecular complexity index is 411. The van der Waals surface area contributed by atoms with Crippen LogP contribution in [0.1, 0.15) is 43.4 Å². The molecule has 0 spiro atoms. The zero-order valence-corrected chi connectivity index (χ0v) is 10.9. The summed E-state index contributed by atoms with van der Waals surface area (Å²) in [5, 5.41) is 0. The molecular formula is C13H20N2S. The van der Waals surface area contributed by atoms with E-state index in [0.717, 1.165) is 11.2 Å². The molecule has 1 fully saturated rings. The first-order valence-electron chi connectivity index (χ1n) is 6.15. The van der Waals surface area contributed by atoms with Crippen molar-refractivity contribution in [3.05, 3.63) is 28.0 Å². The minimum absolute atomic E-state index is 0.589. The highest BCUT2D eigenvalue weighted by Gasteiger charge is 2.23. The molecule has 2 rings (SSSR count). The van der Waals surface area contributed by atoms with Gasteiger partial charge in [-0.05, 0) is 50.0 Å². The van der Waals surface area contributed by atoms with Crippen molar-refractivity contribution in [2.24, 2.45) is 0 Å². The number of likely N-dealkylation sites (tertiary alicyclic amines) is 1. The van der Waals surface area contributed by atoms with E-state index in [9.17, 15) is 0 Å². The van der Waals surface area contributed by atoms with Crippen LogP contribution in [0.4, 0.5) is 0 Å². The standard InChI is InChI=1S/C13H20N2S/c1-3-15-7-5-4-6-12(15)11-9-14-13(16)8-10(11)2/h8-9,12H,3-7H2,1-2H3,(H,14,16)/t12-/m1/s1. The van der Waals surface area contributed by atoms with Gasteiger partial charge >= 0.3 is 0 Å². The second kappa shape index (κ2) is 5.11. The maximum Gasteiger partial charge on any atom is 0.103 e. The molecule has 1 aromatic heterocycles. The van der Waals surface area contributed by atoms with Crippen molar-refractivity contribution < 1.29 is 0 Å². The molecule has 1 saturated heterocycles. The second-order valence-electron chi connectivity index (χ2n) is 4.58. The van der Waals surface area contributed by atoms with Crippen LogP contribution in [0.3, 0.4) is 0 Å². The summed E-state index contributed by atoms with van der Waals surface area (Å²) in [5.74, 6) is 0. The van der Waals surface area contributed by atoms with Gasteiger partial charge in [0.1, 0.15) is 4.64 Å². The highest BCUT2D eigenvalue weighted by Crippen LogP contribution is 2.31. The summed E-state index contributed by atoms with van der Waals surface area (Å²) in [6.07, 6.45) is 6.07. The van der Waals surface area contributed by atoms with Crippen LogP contribution in [0.15, 0.2) is 12.3 Å². The van der Waals surface area contributed by atoms with Gasteiger partial charge in [0.15, 0.2) is 0 Å². The van der Waals surface area contributed by atoms with Crippen LogP contribution in [-0.2, 0) is 0 Å². The molecule has 0 unspecified atom stereocenters. The predicted octanol–water partition coefficient (Wildman–Crippen LogP) is 3.60. The van der Waals surface area contributed by atoms with Gasteiger partial charge in [0.05, 0.1) is 0 Å². The number of H-pyrrole nitrogens is 1. The van der Waals surface area contributed by atoms with Gasteiger partial charge in [-0.1, -0.05) is 25.6 Å². The summed E-state index contributed by atoms with van der Waals surface area (Å²) in [5.41, 5.74) is 2.75. The van der Waals surface area contributed by atoms with Crippen LogP contribution >= 0.6 is 12.2 Å². The number of hydrogen-bond donors (Lipinski definition) is 1. The van der Waals surface area contributed by atoms with Crippen molar-refractivity contribution in [3.63, 3.8) is 0 Å². The molecule has 0 aliphatic carbocycles. The molecule has 1 aliphatic heterocycles. The number of hydrogen-bond acceptors (Lipinski definition) is 2. The lowest BCUT2D eigenvalue weighted by molar-refractivity contribution is 0.156. The summed E-state index contributed by atoms with van der Waals surface area (Å²) in [4.78, 5) is 5.74. The largest absolute Gasteiger partial charge is 0.353 e. The molecule has 1 N–H and O–H groups in total. The van der Waals surface area contributed by atoms with E-state index in [-0.39, 0.29) is 0 Å². The quantitative estimate of drug-likeness (QED) is 0.791. The summed E-state index contributed by atoms with van der Waals surface area (Å²) < 4.78 is 0.833. The van der Waals surface area contributed by atoms with Gasteiger partial charge in [-0.25, -0.2) is 0 Å². The Balaban J connectivity index is 2.30. The summed E-state index contributed by atoms with van der Waals surface area (Å²) in [7, 11) is 0. The number of aromatic amines is 1. The van der Waals surface area contributed by atoms with Crippen LogP contribution in [0, 0.1) is 11.6 Å². The number of aryl methyl sites for hydroxylation is 1. The highest BCUT2D eigenvalue weighted by molar-refractivity contribution is 7.71. The van der Waals surface area contributed by atoms with Gasteiger partial charge in [0.2, 0.25) is 0 Å². The lowest BCUT2D eigenvalue weighted by Crippen LogP contribution is -2.33. The molecular weight excluding hydrogens is 216 g/mol. The number of nitrogens with zero attached hydrogens (tertiary/aromatic N) is 1. The Labute approximate surface area is 103 Å². The molecule has 0 saturated carbocycles. The van der Waals surface area contributed by atoms with E-state index in [4.69, 9.17) is 12.2 Å². The van der Waals surface area contributed by atoms with Crippen molar-refractivity contribution in [2.45, 2.75) is 39.2 Å². The van der Waals surface area contributed by atoms with Gasteiger partial charge in [0.25, 0.3) is 0 Å². The van der Waals surface area contributed by atoms with E-state index in [1.165, 1.54) is 36.9 Å². The Hall–Kier alpha value is -0.670. The number of piperidine rings is 1. The van der Waals surface area contributed by atoms with Crippen LogP contribution < -0.4 is 0 Å². The van der Waals surface area contributed by atoms with Gasteiger partial charge in [-0.15, -0.1) is 0 Å². The Morgan fingerprint density at radius 3 is 3.00 bits per heavy atom. The molecule has 1 aliphatic rings. The van der Waals surface area contributed by atoms with Gasteiger partial charge < -0.3 is 4.98 Å². The highest BCUT2D eigenvalue weighted by atomic mass is 32.1. The average Bonchev–Trinajstić information content (AvgIpc) is 2.29. The Kier molecular flexibility index (Phi) is 3.77. The monoisotopic (exact) mass is 236 g/mol. The topological polar surface area (TPSA) is 19.0 Å². The summed E-state index contributed by atoms with van der Waals surface area (Å²) in [6, 6.07) is 2.67. The average molecular weight is 236 g/mol. The third-order valence-corrected chi connectivity index (χ3v) is 3.79. The predicted molar refractivity (Wildman–Crippen MR) is 70.2 cm³/mol. The van der Waals surface area contributed by atoms with Crippen molar-refractivity contribution >= 4 is 12.2 Å². The van der Waals surface area contributed by atoms with Crippen LogP contribution in [-0.4, -0.2) is 23.0 Å². The fraction of sp³-hybridized carbons (Fsp3) is 0.615. The molecule has 2 nitrogen and oxygen atoms in total. The lowest BCUT2D eigenvalue weighted by Gasteiger charge is -2.35. The number of pyridine rings is 1. The van der Waals surface area contributed by atoms with Crippen LogP contribution in [0.2, 0.25) is 0 Å². The molecule has 16 heavy (non-hydrogen) atoms. The second-order valence-corrected chi connectivity index (χ2v) is 5.02. The van der Waals surface area contributed by atoms with E-state index in [0.29, 0.717) is 6.04 Å². The molecule has 1 atom stereocenters. The Morgan fingerprint density at radius 2 is 2.31 bits per heavy atom.